The number of benzene rings is 1. The van der Waals surface area contributed by atoms with E-state index in [1.807, 2.05) is 11.4 Å². The second kappa shape index (κ2) is 2.74. The molecule has 66 valence electrons. The number of nitrogens with two attached hydrogens (primary N) is 1. The highest BCUT2D eigenvalue weighted by molar-refractivity contribution is 7.17. The molecule has 3 nitrogen and oxygen atoms in total. The Morgan fingerprint density at radius 2 is 2.23 bits per heavy atom. The van der Waals surface area contributed by atoms with E-state index < -0.39 is 5.91 Å². The molecule has 1 amide bonds. The van der Waals surface area contributed by atoms with Gasteiger partial charge in [0.05, 0.1) is 4.70 Å². The van der Waals surface area contributed by atoms with Crippen LogP contribution in [0.25, 0.3) is 10.1 Å². The number of thiophene rings is 1. The lowest BCUT2D eigenvalue weighted by molar-refractivity contribution is 0.1000. The molecule has 0 spiro atoms. The molecule has 0 fully saturated rings. The molecule has 4 heteroatoms. The minimum atomic E-state index is -0.525. The highest BCUT2D eigenvalue weighted by atomic mass is 32.1. The lowest BCUT2D eigenvalue weighted by atomic mass is 10.1. The molecule has 0 radical (unpaired) electrons. The quantitative estimate of drug-likeness (QED) is 0.724. The summed E-state index contributed by atoms with van der Waals surface area (Å²) in [5, 5.41) is 12.2. The number of fused-ring (bicyclic) bond motifs is 1. The Kier molecular flexibility index (Phi) is 1.70. The number of carbonyl (C=O) groups excluding carboxylic acids is 1. The molecular weight excluding hydrogens is 186 g/mol. The zero-order chi connectivity index (χ0) is 9.42. The summed E-state index contributed by atoms with van der Waals surface area (Å²) < 4.78 is 0.782. The molecule has 0 aliphatic carbocycles. The zero-order valence-corrected chi connectivity index (χ0v) is 7.47. The fraction of sp³-hybridized carbons (Fsp3) is 0. The van der Waals surface area contributed by atoms with Crippen LogP contribution in [0.2, 0.25) is 0 Å². The number of hydrogen-bond donors (Lipinski definition) is 2. The number of amides is 1. The van der Waals surface area contributed by atoms with Crippen LogP contribution in [-0.2, 0) is 0 Å². The fourth-order valence-electron chi connectivity index (χ4n) is 1.21. The predicted molar refractivity (Wildman–Crippen MR) is 52.0 cm³/mol. The van der Waals surface area contributed by atoms with Crippen molar-refractivity contribution < 1.29 is 9.90 Å². The number of carbonyl (C=O) groups is 1. The number of phenolic OH excluding ortho intramolecular Hbond substituents is 1. The van der Waals surface area contributed by atoms with Crippen LogP contribution in [0.3, 0.4) is 0 Å². The van der Waals surface area contributed by atoms with Gasteiger partial charge in [-0.25, -0.2) is 0 Å². The van der Waals surface area contributed by atoms with Crippen LogP contribution in [0, 0.1) is 0 Å². The summed E-state index contributed by atoms with van der Waals surface area (Å²) in [7, 11) is 0. The van der Waals surface area contributed by atoms with Crippen molar-refractivity contribution in [2.75, 3.05) is 0 Å². The third-order valence-electron chi connectivity index (χ3n) is 1.82. The maximum absolute atomic E-state index is 10.8. The van der Waals surface area contributed by atoms with Gasteiger partial charge < -0.3 is 10.8 Å². The Bertz CT molecular complexity index is 475. The van der Waals surface area contributed by atoms with Gasteiger partial charge in [0.1, 0.15) is 5.75 Å². The lowest BCUT2D eigenvalue weighted by Gasteiger charge is -1.98. The molecular formula is C9H7NO2S. The summed E-state index contributed by atoms with van der Waals surface area (Å²) in [6.45, 7) is 0. The van der Waals surface area contributed by atoms with Gasteiger partial charge in [0.25, 0.3) is 0 Å². The van der Waals surface area contributed by atoms with E-state index in [-0.39, 0.29) is 5.75 Å². The summed E-state index contributed by atoms with van der Waals surface area (Å²) in [6, 6.07) is 4.90. The van der Waals surface area contributed by atoms with Gasteiger partial charge in [-0.2, -0.15) is 0 Å². The molecule has 1 heterocycles. The second-order valence-corrected chi connectivity index (χ2v) is 3.61. The maximum Gasteiger partial charge on any atom is 0.248 e. The smallest absolute Gasteiger partial charge is 0.248 e. The maximum atomic E-state index is 10.8. The normalized spacial score (nSPS) is 10.5. The molecule has 0 aliphatic heterocycles. The SMILES string of the molecule is NC(=O)c1cc(O)c2sccc2c1. The largest absolute Gasteiger partial charge is 0.506 e. The second-order valence-electron chi connectivity index (χ2n) is 2.70. The van der Waals surface area contributed by atoms with Gasteiger partial charge in [-0.05, 0) is 29.0 Å². The minimum absolute atomic E-state index is 0.112. The third kappa shape index (κ3) is 1.25. The summed E-state index contributed by atoms with van der Waals surface area (Å²) in [4.78, 5) is 10.8. The number of aromatic hydroxyl groups is 1. The minimum Gasteiger partial charge on any atom is -0.506 e. The average molecular weight is 193 g/mol. The van der Waals surface area contributed by atoms with E-state index >= 15 is 0 Å². The third-order valence-corrected chi connectivity index (χ3v) is 2.77. The first-order valence-electron chi connectivity index (χ1n) is 3.68. The van der Waals surface area contributed by atoms with Crippen molar-refractivity contribution in [3.63, 3.8) is 0 Å². The van der Waals surface area contributed by atoms with Crippen LogP contribution in [0.15, 0.2) is 23.6 Å². The summed E-state index contributed by atoms with van der Waals surface area (Å²) in [5.41, 5.74) is 5.43. The fourth-order valence-corrected chi connectivity index (χ4v) is 2.00. The van der Waals surface area contributed by atoms with Crippen molar-refractivity contribution in [1.82, 2.24) is 0 Å². The van der Waals surface area contributed by atoms with E-state index in [1.165, 1.54) is 17.4 Å². The van der Waals surface area contributed by atoms with Crippen LogP contribution >= 0.6 is 11.3 Å². The Hall–Kier alpha value is -1.55. The molecule has 2 aromatic rings. The van der Waals surface area contributed by atoms with E-state index in [0.29, 0.717) is 5.56 Å². The van der Waals surface area contributed by atoms with Gasteiger partial charge >= 0.3 is 0 Å². The van der Waals surface area contributed by atoms with Crippen molar-refractivity contribution in [3.8, 4) is 5.75 Å². The number of hydrogen-bond acceptors (Lipinski definition) is 3. The van der Waals surface area contributed by atoms with Crippen LogP contribution in [-0.4, -0.2) is 11.0 Å². The lowest BCUT2D eigenvalue weighted by Crippen LogP contribution is -2.10. The van der Waals surface area contributed by atoms with E-state index in [0.717, 1.165) is 10.1 Å². The molecule has 1 aromatic carbocycles. The van der Waals surface area contributed by atoms with E-state index in [9.17, 15) is 9.90 Å². The zero-order valence-electron chi connectivity index (χ0n) is 6.65. The van der Waals surface area contributed by atoms with Gasteiger partial charge in [0.2, 0.25) is 5.91 Å². The van der Waals surface area contributed by atoms with Crippen LogP contribution < -0.4 is 5.73 Å². The first-order chi connectivity index (χ1) is 6.18. The highest BCUT2D eigenvalue weighted by Crippen LogP contribution is 2.30. The molecule has 2 rings (SSSR count). The summed E-state index contributed by atoms with van der Waals surface area (Å²) >= 11 is 1.43. The molecule has 0 atom stereocenters. The van der Waals surface area contributed by atoms with Crippen LogP contribution in [0.5, 0.6) is 5.75 Å². The standard InChI is InChI=1S/C9H7NO2S/c10-9(12)6-3-5-1-2-13-8(5)7(11)4-6/h1-4,11H,(H2,10,12). The predicted octanol–water partition coefficient (Wildman–Crippen LogP) is 1.71. The molecule has 0 bridgehead atoms. The van der Waals surface area contributed by atoms with Crippen molar-refractivity contribution in [3.05, 3.63) is 29.1 Å². The van der Waals surface area contributed by atoms with E-state index in [1.54, 1.807) is 6.07 Å². The van der Waals surface area contributed by atoms with Crippen molar-refractivity contribution in [1.29, 1.82) is 0 Å². The average Bonchev–Trinajstić information content (AvgIpc) is 2.51. The van der Waals surface area contributed by atoms with Gasteiger partial charge in [0, 0.05) is 5.56 Å². The van der Waals surface area contributed by atoms with Gasteiger partial charge in [-0.3, -0.25) is 4.79 Å². The Balaban J connectivity index is 2.77. The molecule has 3 N–H and O–H groups in total. The molecule has 0 aliphatic rings. The number of phenols is 1. The number of rotatable bonds is 1. The molecule has 0 saturated heterocycles. The van der Waals surface area contributed by atoms with Crippen molar-refractivity contribution in [2.45, 2.75) is 0 Å². The number of primary amides is 1. The highest BCUT2D eigenvalue weighted by Gasteiger charge is 2.07. The van der Waals surface area contributed by atoms with Crippen molar-refractivity contribution >= 4 is 27.3 Å². The van der Waals surface area contributed by atoms with Crippen molar-refractivity contribution in [2.24, 2.45) is 5.73 Å². The monoisotopic (exact) mass is 193 g/mol. The Labute approximate surface area is 78.4 Å². The molecule has 1 aromatic heterocycles. The molecule has 0 unspecified atom stereocenters. The van der Waals surface area contributed by atoms with Crippen LogP contribution in [0.4, 0.5) is 0 Å². The van der Waals surface area contributed by atoms with E-state index in [2.05, 4.69) is 0 Å². The topological polar surface area (TPSA) is 63.3 Å². The van der Waals surface area contributed by atoms with Gasteiger partial charge in [-0.15, -0.1) is 11.3 Å². The first-order valence-corrected chi connectivity index (χ1v) is 4.56. The Morgan fingerprint density at radius 1 is 1.46 bits per heavy atom. The summed E-state index contributed by atoms with van der Waals surface area (Å²) in [5.74, 6) is -0.412. The first kappa shape index (κ1) is 8.07. The van der Waals surface area contributed by atoms with Gasteiger partial charge in [0.15, 0.2) is 0 Å². The van der Waals surface area contributed by atoms with Crippen LogP contribution in [0.1, 0.15) is 10.4 Å². The molecule has 13 heavy (non-hydrogen) atoms. The summed E-state index contributed by atoms with van der Waals surface area (Å²) in [6.07, 6.45) is 0. The molecule has 0 saturated carbocycles. The Morgan fingerprint density at radius 3 is 2.92 bits per heavy atom. The van der Waals surface area contributed by atoms with Gasteiger partial charge in [-0.1, -0.05) is 0 Å². The van der Waals surface area contributed by atoms with E-state index in [4.69, 9.17) is 5.73 Å².